The maximum atomic E-state index is 13.3. The molecule has 19 heavy (non-hydrogen) atoms. The predicted molar refractivity (Wildman–Crippen MR) is 77.0 cm³/mol. The van der Waals surface area contributed by atoms with Gasteiger partial charge in [0.25, 0.3) is 0 Å². The third-order valence-corrected chi connectivity index (χ3v) is 3.50. The Morgan fingerprint density at radius 2 is 2.21 bits per heavy atom. The summed E-state index contributed by atoms with van der Waals surface area (Å²) in [5.74, 6) is -0.291. The number of hydrogen-bond acceptors (Lipinski definition) is 3. The van der Waals surface area contributed by atoms with E-state index < -0.39 is 6.10 Å². The molecule has 0 aliphatic rings. The molecule has 2 aromatic rings. The van der Waals surface area contributed by atoms with E-state index in [1.165, 1.54) is 6.07 Å². The first-order chi connectivity index (χ1) is 9.16. The highest BCUT2D eigenvalue weighted by atomic mass is 127. The summed E-state index contributed by atoms with van der Waals surface area (Å²) in [5.41, 5.74) is 0.493. The van der Waals surface area contributed by atoms with Crippen LogP contribution in [0.4, 0.5) is 4.39 Å². The van der Waals surface area contributed by atoms with Crippen LogP contribution < -0.4 is 0 Å². The molecule has 0 unspecified atom stereocenters. The van der Waals surface area contributed by atoms with Gasteiger partial charge in [-0.1, -0.05) is 18.2 Å². The molecule has 0 amide bonds. The minimum Gasteiger partial charge on any atom is -0.389 e. The van der Waals surface area contributed by atoms with Gasteiger partial charge in [0.2, 0.25) is 0 Å². The van der Waals surface area contributed by atoms with Gasteiger partial charge in [0.1, 0.15) is 5.82 Å². The Morgan fingerprint density at radius 3 is 2.89 bits per heavy atom. The molecular formula is C13H14FIN2O2. The Bertz CT molecular complexity index is 533. The molecule has 0 aliphatic carbocycles. The Hall–Kier alpha value is -0.990. The Balaban J connectivity index is 1.77. The zero-order chi connectivity index (χ0) is 13.7. The molecule has 1 aromatic heterocycles. The van der Waals surface area contributed by atoms with Crippen LogP contribution >= 0.6 is 22.6 Å². The van der Waals surface area contributed by atoms with E-state index in [1.807, 2.05) is 4.57 Å². The molecule has 0 bridgehead atoms. The van der Waals surface area contributed by atoms with E-state index in [1.54, 1.807) is 30.6 Å². The van der Waals surface area contributed by atoms with Gasteiger partial charge in [0.15, 0.2) is 3.83 Å². The van der Waals surface area contributed by atoms with Crippen LogP contribution in [0.3, 0.4) is 0 Å². The SMILES string of the molecule is O[C@H](COCc1ccccc1F)Cn1ccnc1I. The Labute approximate surface area is 124 Å². The van der Waals surface area contributed by atoms with E-state index in [-0.39, 0.29) is 19.0 Å². The highest BCUT2D eigenvalue weighted by molar-refractivity contribution is 14.1. The van der Waals surface area contributed by atoms with E-state index in [2.05, 4.69) is 27.6 Å². The van der Waals surface area contributed by atoms with Gasteiger partial charge in [0, 0.05) is 18.0 Å². The Kier molecular flexibility index (Phi) is 5.29. The van der Waals surface area contributed by atoms with Crippen molar-refractivity contribution in [2.75, 3.05) is 6.61 Å². The second-order valence-electron chi connectivity index (χ2n) is 4.11. The van der Waals surface area contributed by atoms with Crippen LogP contribution in [0.2, 0.25) is 0 Å². The van der Waals surface area contributed by atoms with Gasteiger partial charge in [-0.25, -0.2) is 9.37 Å². The number of halogens is 2. The summed E-state index contributed by atoms with van der Waals surface area (Å²) in [4.78, 5) is 4.06. The van der Waals surface area contributed by atoms with Crippen molar-refractivity contribution >= 4 is 22.6 Å². The van der Waals surface area contributed by atoms with E-state index in [0.717, 1.165) is 3.83 Å². The lowest BCUT2D eigenvalue weighted by Gasteiger charge is -2.12. The van der Waals surface area contributed by atoms with Crippen LogP contribution in [0.25, 0.3) is 0 Å². The molecule has 0 aliphatic heterocycles. The molecule has 2 rings (SSSR count). The summed E-state index contributed by atoms with van der Waals surface area (Å²) < 4.78 is 21.3. The van der Waals surface area contributed by atoms with Crippen LogP contribution in [0.1, 0.15) is 5.56 Å². The van der Waals surface area contributed by atoms with Crippen LogP contribution in [-0.4, -0.2) is 27.4 Å². The molecule has 1 N–H and O–H groups in total. The quantitative estimate of drug-likeness (QED) is 0.787. The third-order valence-electron chi connectivity index (χ3n) is 2.60. The number of hydrogen-bond donors (Lipinski definition) is 1. The maximum Gasteiger partial charge on any atom is 0.171 e. The molecule has 6 heteroatoms. The molecule has 1 aromatic carbocycles. The number of nitrogens with zero attached hydrogens (tertiary/aromatic N) is 2. The van der Waals surface area contributed by atoms with Crippen LogP contribution in [0, 0.1) is 9.65 Å². The first-order valence-corrected chi connectivity index (χ1v) is 6.90. The molecule has 0 radical (unpaired) electrons. The second-order valence-corrected chi connectivity index (χ2v) is 5.07. The number of ether oxygens (including phenoxy) is 1. The summed E-state index contributed by atoms with van der Waals surface area (Å²) in [7, 11) is 0. The first-order valence-electron chi connectivity index (χ1n) is 5.82. The maximum absolute atomic E-state index is 13.3. The molecule has 0 saturated carbocycles. The molecule has 0 saturated heterocycles. The number of aromatic nitrogens is 2. The van der Waals surface area contributed by atoms with Gasteiger partial charge in [0.05, 0.1) is 25.9 Å². The molecule has 0 fully saturated rings. The van der Waals surface area contributed by atoms with E-state index >= 15 is 0 Å². The van der Waals surface area contributed by atoms with Gasteiger partial charge in [-0.2, -0.15) is 0 Å². The van der Waals surface area contributed by atoms with Crippen molar-refractivity contribution in [2.24, 2.45) is 0 Å². The fourth-order valence-corrected chi connectivity index (χ4v) is 2.17. The number of benzene rings is 1. The van der Waals surface area contributed by atoms with E-state index in [9.17, 15) is 9.50 Å². The number of aliphatic hydroxyl groups is 1. The van der Waals surface area contributed by atoms with Crippen molar-refractivity contribution in [2.45, 2.75) is 19.3 Å². The summed E-state index contributed by atoms with van der Waals surface area (Å²) in [6.07, 6.45) is 2.82. The zero-order valence-electron chi connectivity index (χ0n) is 10.2. The van der Waals surface area contributed by atoms with Crippen LogP contribution in [0.15, 0.2) is 36.7 Å². The van der Waals surface area contributed by atoms with Gasteiger partial charge in [-0.15, -0.1) is 0 Å². The number of imidazole rings is 1. The largest absolute Gasteiger partial charge is 0.389 e. The summed E-state index contributed by atoms with van der Waals surface area (Å²) >= 11 is 2.09. The van der Waals surface area contributed by atoms with Crippen molar-refractivity contribution in [1.29, 1.82) is 0 Å². The van der Waals surface area contributed by atoms with Gasteiger partial charge >= 0.3 is 0 Å². The van der Waals surface area contributed by atoms with Crippen molar-refractivity contribution in [3.8, 4) is 0 Å². The fourth-order valence-electron chi connectivity index (χ4n) is 1.65. The fraction of sp³-hybridized carbons (Fsp3) is 0.308. The summed E-state index contributed by atoms with van der Waals surface area (Å²) in [6, 6.07) is 6.45. The first kappa shape index (κ1) is 14.4. The second kappa shape index (κ2) is 6.97. The molecule has 4 nitrogen and oxygen atoms in total. The molecular weight excluding hydrogens is 362 g/mol. The summed E-state index contributed by atoms with van der Waals surface area (Å²) in [6.45, 7) is 0.725. The monoisotopic (exact) mass is 376 g/mol. The lowest BCUT2D eigenvalue weighted by molar-refractivity contribution is 0.0191. The molecule has 1 atom stereocenters. The molecule has 1 heterocycles. The number of aliphatic hydroxyl groups excluding tert-OH is 1. The summed E-state index contributed by atoms with van der Waals surface area (Å²) in [5, 5.41) is 9.82. The van der Waals surface area contributed by atoms with Gasteiger partial charge in [-0.3, -0.25) is 0 Å². The number of rotatable bonds is 6. The highest BCUT2D eigenvalue weighted by Gasteiger charge is 2.08. The zero-order valence-corrected chi connectivity index (χ0v) is 12.3. The standard InChI is InChI=1S/C13H14FIN2O2/c14-12-4-2-1-3-10(12)8-19-9-11(18)7-17-6-5-16-13(17)15/h1-6,11,18H,7-9H2/t11-/m0/s1. The molecule has 102 valence electrons. The van der Waals surface area contributed by atoms with Gasteiger partial charge < -0.3 is 14.4 Å². The smallest absolute Gasteiger partial charge is 0.171 e. The van der Waals surface area contributed by atoms with Crippen molar-refractivity contribution < 1.29 is 14.2 Å². The normalized spacial score (nSPS) is 12.6. The van der Waals surface area contributed by atoms with Crippen molar-refractivity contribution in [3.05, 3.63) is 51.9 Å². The van der Waals surface area contributed by atoms with Gasteiger partial charge in [-0.05, 0) is 28.7 Å². The topological polar surface area (TPSA) is 47.3 Å². The lowest BCUT2D eigenvalue weighted by atomic mass is 10.2. The Morgan fingerprint density at radius 1 is 1.42 bits per heavy atom. The minimum atomic E-state index is -0.644. The predicted octanol–water partition coefficient (Wildman–Crippen LogP) is 2.20. The third kappa shape index (κ3) is 4.26. The van der Waals surface area contributed by atoms with Crippen molar-refractivity contribution in [3.63, 3.8) is 0 Å². The molecule has 0 spiro atoms. The lowest BCUT2D eigenvalue weighted by Crippen LogP contribution is -2.22. The van der Waals surface area contributed by atoms with Crippen molar-refractivity contribution in [1.82, 2.24) is 9.55 Å². The van der Waals surface area contributed by atoms with Crippen LogP contribution in [0.5, 0.6) is 0 Å². The average molecular weight is 376 g/mol. The van der Waals surface area contributed by atoms with E-state index in [0.29, 0.717) is 12.1 Å². The highest BCUT2D eigenvalue weighted by Crippen LogP contribution is 2.08. The average Bonchev–Trinajstić information content (AvgIpc) is 2.77. The minimum absolute atomic E-state index is 0.155. The van der Waals surface area contributed by atoms with E-state index in [4.69, 9.17) is 4.74 Å². The van der Waals surface area contributed by atoms with Crippen LogP contribution in [-0.2, 0) is 17.9 Å².